The zero-order valence-electron chi connectivity index (χ0n) is 18.0. The minimum absolute atomic E-state index is 0.0904. The van der Waals surface area contributed by atoms with Crippen molar-refractivity contribution in [3.05, 3.63) is 65.7 Å². The van der Waals surface area contributed by atoms with Crippen LogP contribution in [0.25, 0.3) is 0 Å². The Morgan fingerprint density at radius 3 is 2.19 bits per heavy atom. The van der Waals surface area contributed by atoms with Crippen molar-refractivity contribution in [2.75, 3.05) is 6.54 Å². The molecule has 0 unspecified atom stereocenters. The minimum atomic E-state index is -0.913. The van der Waals surface area contributed by atoms with Crippen LogP contribution < -0.4 is 21.1 Å². The van der Waals surface area contributed by atoms with Crippen LogP contribution >= 0.6 is 0 Å². The lowest BCUT2D eigenvalue weighted by Crippen LogP contribution is -2.49. The first-order valence-corrected chi connectivity index (χ1v) is 9.93. The second-order valence-corrected chi connectivity index (χ2v) is 8.00. The van der Waals surface area contributed by atoms with Gasteiger partial charge in [0.2, 0.25) is 11.8 Å². The van der Waals surface area contributed by atoms with Crippen molar-refractivity contribution in [1.29, 1.82) is 0 Å². The molecule has 0 spiro atoms. The smallest absolute Gasteiger partial charge is 0.407 e. The van der Waals surface area contributed by atoms with E-state index < -0.39 is 23.9 Å². The Hall–Kier alpha value is -3.55. The largest absolute Gasteiger partial charge is 0.488 e. The Kier molecular flexibility index (Phi) is 8.43. The average Bonchev–Trinajstić information content (AvgIpc) is 2.71. The van der Waals surface area contributed by atoms with Gasteiger partial charge in [-0.25, -0.2) is 4.79 Å². The molecule has 31 heavy (non-hydrogen) atoms. The highest BCUT2D eigenvalue weighted by Crippen LogP contribution is 2.19. The van der Waals surface area contributed by atoms with Crippen LogP contribution in [0, 0.1) is 0 Å². The van der Waals surface area contributed by atoms with Gasteiger partial charge in [0, 0.05) is 6.42 Å². The molecule has 0 heterocycles. The first-order chi connectivity index (χ1) is 14.6. The van der Waals surface area contributed by atoms with Gasteiger partial charge < -0.3 is 25.8 Å². The van der Waals surface area contributed by atoms with E-state index in [2.05, 4.69) is 10.6 Å². The molecule has 2 rings (SSSR count). The predicted octanol–water partition coefficient (Wildman–Crippen LogP) is 2.30. The molecular formula is C23H29N3O5. The lowest BCUT2D eigenvalue weighted by molar-refractivity contribution is -0.126. The number of ether oxygens (including phenoxy) is 2. The molecule has 0 saturated heterocycles. The van der Waals surface area contributed by atoms with Crippen LogP contribution in [-0.4, -0.2) is 36.1 Å². The number of nitrogens with two attached hydrogens (primary N) is 1. The normalized spacial score (nSPS) is 11.8. The number of benzene rings is 2. The van der Waals surface area contributed by atoms with E-state index in [0.717, 1.165) is 11.1 Å². The summed E-state index contributed by atoms with van der Waals surface area (Å²) in [5, 5.41) is 4.88. The quantitative estimate of drug-likeness (QED) is 0.567. The van der Waals surface area contributed by atoms with E-state index in [9.17, 15) is 14.4 Å². The van der Waals surface area contributed by atoms with Gasteiger partial charge in [0.25, 0.3) is 0 Å². The van der Waals surface area contributed by atoms with E-state index in [4.69, 9.17) is 15.2 Å². The third-order valence-corrected chi connectivity index (χ3v) is 4.07. The van der Waals surface area contributed by atoms with Gasteiger partial charge in [0.05, 0.1) is 0 Å². The molecule has 3 amide bonds. The third kappa shape index (κ3) is 9.20. The zero-order chi connectivity index (χ0) is 22.9. The van der Waals surface area contributed by atoms with Gasteiger partial charge >= 0.3 is 6.09 Å². The Bertz CT molecular complexity index is 876. The Balaban J connectivity index is 1.80. The molecule has 8 nitrogen and oxygen atoms in total. The topological polar surface area (TPSA) is 120 Å². The molecule has 0 radical (unpaired) electrons. The first kappa shape index (κ1) is 23.7. The monoisotopic (exact) mass is 427 g/mol. The maximum absolute atomic E-state index is 12.1. The summed E-state index contributed by atoms with van der Waals surface area (Å²) in [6.07, 6.45) is -0.515. The van der Waals surface area contributed by atoms with Crippen molar-refractivity contribution in [1.82, 2.24) is 10.6 Å². The number of carbonyl (C=O) groups excluding carboxylic acids is 3. The fraction of sp³-hybridized carbons (Fsp3) is 0.348. The summed E-state index contributed by atoms with van der Waals surface area (Å²) in [7, 11) is 0. The number of hydrogen-bond donors (Lipinski definition) is 3. The number of nitrogens with one attached hydrogen (secondary N) is 2. The molecule has 0 aliphatic carbocycles. The fourth-order valence-electron chi connectivity index (χ4n) is 2.68. The van der Waals surface area contributed by atoms with Gasteiger partial charge in [0.15, 0.2) is 0 Å². The average molecular weight is 428 g/mol. The first-order valence-electron chi connectivity index (χ1n) is 9.93. The van der Waals surface area contributed by atoms with Crippen LogP contribution in [0.1, 0.15) is 31.9 Å². The highest BCUT2D eigenvalue weighted by atomic mass is 16.5. The highest BCUT2D eigenvalue weighted by Gasteiger charge is 2.19. The summed E-state index contributed by atoms with van der Waals surface area (Å²) in [5.74, 6) is -0.516. The van der Waals surface area contributed by atoms with Gasteiger partial charge in [-0.3, -0.25) is 9.59 Å². The highest BCUT2D eigenvalue weighted by molar-refractivity contribution is 5.88. The molecular weight excluding hydrogens is 398 g/mol. The number of alkyl carbamates (subject to hydrolysis) is 1. The van der Waals surface area contributed by atoms with Crippen LogP contribution in [0.4, 0.5) is 4.79 Å². The van der Waals surface area contributed by atoms with Gasteiger partial charge in [-0.1, -0.05) is 42.5 Å². The lowest BCUT2D eigenvalue weighted by Gasteiger charge is -2.21. The van der Waals surface area contributed by atoms with Gasteiger partial charge in [0.1, 0.15) is 30.5 Å². The Morgan fingerprint density at radius 1 is 0.968 bits per heavy atom. The second-order valence-electron chi connectivity index (χ2n) is 8.00. The van der Waals surface area contributed by atoms with Crippen LogP contribution in [0.3, 0.4) is 0 Å². The van der Waals surface area contributed by atoms with Crippen molar-refractivity contribution >= 4 is 17.9 Å². The number of carbonyl (C=O) groups is 3. The van der Waals surface area contributed by atoms with Crippen LogP contribution in [0.2, 0.25) is 0 Å². The molecule has 0 bridgehead atoms. The summed E-state index contributed by atoms with van der Waals surface area (Å²) >= 11 is 0. The number of hydrogen-bond acceptors (Lipinski definition) is 5. The molecule has 166 valence electrons. The fourth-order valence-corrected chi connectivity index (χ4v) is 2.68. The molecule has 2 aromatic rings. The molecule has 8 heteroatoms. The van der Waals surface area contributed by atoms with Crippen molar-refractivity contribution in [2.24, 2.45) is 5.73 Å². The summed E-state index contributed by atoms with van der Waals surface area (Å²) in [6.45, 7) is 5.60. The minimum Gasteiger partial charge on any atom is -0.488 e. The van der Waals surface area contributed by atoms with Gasteiger partial charge in [-0.2, -0.15) is 0 Å². The van der Waals surface area contributed by atoms with Crippen LogP contribution in [0.5, 0.6) is 5.75 Å². The Morgan fingerprint density at radius 2 is 1.61 bits per heavy atom. The molecule has 0 aromatic heterocycles. The van der Waals surface area contributed by atoms with E-state index in [0.29, 0.717) is 5.75 Å². The Labute approximate surface area is 182 Å². The van der Waals surface area contributed by atoms with Crippen LogP contribution in [-0.2, 0) is 27.4 Å². The molecule has 0 fully saturated rings. The molecule has 2 aromatic carbocycles. The zero-order valence-corrected chi connectivity index (χ0v) is 18.0. The number of primary amides is 1. The maximum atomic E-state index is 12.1. The summed E-state index contributed by atoms with van der Waals surface area (Å²) in [4.78, 5) is 35.6. The summed E-state index contributed by atoms with van der Waals surface area (Å²) in [5.41, 5.74) is 6.74. The standard InChI is InChI=1S/C23H29N3O5/c1-23(2,3)31-18-11-9-16(10-12-18)13-19(21(24)28)26-20(27)14-25-22(29)30-15-17-7-5-4-6-8-17/h4-12,19H,13-15H2,1-3H3,(H2,24,28)(H,25,29)(H,26,27)/t19-/m0/s1. The number of rotatable bonds is 9. The lowest BCUT2D eigenvalue weighted by atomic mass is 10.0. The summed E-state index contributed by atoms with van der Waals surface area (Å²) < 4.78 is 10.8. The molecule has 0 aliphatic heterocycles. The maximum Gasteiger partial charge on any atom is 0.407 e. The van der Waals surface area contributed by atoms with Crippen molar-refractivity contribution in [3.8, 4) is 5.75 Å². The van der Waals surface area contributed by atoms with E-state index in [1.54, 1.807) is 12.1 Å². The predicted molar refractivity (Wildman–Crippen MR) is 116 cm³/mol. The SMILES string of the molecule is CC(C)(C)Oc1ccc(C[C@H](NC(=O)CNC(=O)OCc2ccccc2)C(N)=O)cc1. The molecule has 0 aliphatic rings. The van der Waals surface area contributed by atoms with Gasteiger partial charge in [-0.15, -0.1) is 0 Å². The second kappa shape index (κ2) is 11.0. The van der Waals surface area contributed by atoms with Gasteiger partial charge in [-0.05, 0) is 44.0 Å². The van der Waals surface area contributed by atoms with Crippen molar-refractivity contribution in [3.63, 3.8) is 0 Å². The van der Waals surface area contributed by atoms with E-state index >= 15 is 0 Å². The summed E-state index contributed by atoms with van der Waals surface area (Å²) in [6, 6.07) is 15.5. The van der Waals surface area contributed by atoms with Crippen molar-refractivity contribution in [2.45, 2.75) is 45.4 Å². The third-order valence-electron chi connectivity index (χ3n) is 4.07. The molecule has 4 N–H and O–H groups in total. The van der Waals surface area contributed by atoms with Crippen molar-refractivity contribution < 1.29 is 23.9 Å². The molecule has 0 saturated carbocycles. The number of amides is 3. The van der Waals surface area contributed by atoms with E-state index in [1.165, 1.54) is 0 Å². The van der Waals surface area contributed by atoms with E-state index in [-0.39, 0.29) is 25.2 Å². The van der Waals surface area contributed by atoms with Crippen LogP contribution in [0.15, 0.2) is 54.6 Å². The molecule has 1 atom stereocenters. The van der Waals surface area contributed by atoms with E-state index in [1.807, 2.05) is 63.2 Å².